The highest BCUT2D eigenvalue weighted by Crippen LogP contribution is 2.40. The number of hydrogen-bond donors (Lipinski definition) is 0. The first-order chi connectivity index (χ1) is 8.79. The molecule has 18 heavy (non-hydrogen) atoms. The molecule has 0 saturated carbocycles. The van der Waals surface area contributed by atoms with Crippen molar-refractivity contribution in [1.82, 2.24) is 9.59 Å². The van der Waals surface area contributed by atoms with Crippen LogP contribution >= 0.6 is 23.3 Å². The summed E-state index contributed by atoms with van der Waals surface area (Å²) in [7, 11) is 0. The topological polar surface area (TPSA) is 52.1 Å². The van der Waals surface area contributed by atoms with Gasteiger partial charge in [-0.2, -0.15) is 11.8 Å². The highest BCUT2D eigenvalue weighted by molar-refractivity contribution is 7.99. The Balaban J connectivity index is 1.72. The fourth-order valence-corrected chi connectivity index (χ4v) is 4.51. The molecule has 1 aromatic rings. The molecular formula is C12H16N2O2S2. The molecule has 0 radical (unpaired) electrons. The summed E-state index contributed by atoms with van der Waals surface area (Å²) >= 11 is 3.23. The van der Waals surface area contributed by atoms with E-state index in [1.165, 1.54) is 11.5 Å². The van der Waals surface area contributed by atoms with Gasteiger partial charge in [0.25, 0.3) is 0 Å². The van der Waals surface area contributed by atoms with Crippen LogP contribution in [0.2, 0.25) is 0 Å². The molecule has 0 N–H and O–H groups in total. The molecule has 6 heteroatoms. The maximum absolute atomic E-state index is 12.3. The van der Waals surface area contributed by atoms with Gasteiger partial charge in [0.15, 0.2) is 5.78 Å². The van der Waals surface area contributed by atoms with Crippen molar-refractivity contribution in [3.63, 3.8) is 0 Å². The second-order valence-electron chi connectivity index (χ2n) is 4.99. The first-order valence-corrected chi connectivity index (χ1v) is 8.31. The predicted octanol–water partition coefficient (Wildman–Crippen LogP) is 2.41. The lowest BCUT2D eigenvalue weighted by Crippen LogP contribution is -2.44. The number of aromatic nitrogens is 2. The van der Waals surface area contributed by atoms with Gasteiger partial charge in [0.05, 0.1) is 5.60 Å². The molecule has 1 atom stereocenters. The van der Waals surface area contributed by atoms with Gasteiger partial charge in [-0.05, 0) is 48.7 Å². The second kappa shape index (κ2) is 5.27. The third kappa shape index (κ3) is 2.46. The molecule has 2 aliphatic rings. The molecule has 3 rings (SSSR count). The average molecular weight is 284 g/mol. The Morgan fingerprint density at radius 3 is 3.00 bits per heavy atom. The molecule has 1 spiro atoms. The van der Waals surface area contributed by atoms with Crippen LogP contribution in [0.15, 0.2) is 5.38 Å². The summed E-state index contributed by atoms with van der Waals surface area (Å²) in [6.07, 6.45) is 3.85. The van der Waals surface area contributed by atoms with Crippen LogP contribution in [-0.4, -0.2) is 39.1 Å². The van der Waals surface area contributed by atoms with E-state index in [2.05, 4.69) is 9.59 Å². The number of Topliss-reactive ketones (excluding diaryl/α,β-unsaturated/α-hetero) is 1. The van der Waals surface area contributed by atoms with Crippen LogP contribution in [-0.2, 0) is 4.74 Å². The summed E-state index contributed by atoms with van der Waals surface area (Å²) in [5, 5.41) is 5.65. The zero-order valence-electron chi connectivity index (χ0n) is 10.1. The number of carbonyl (C=O) groups is 1. The standard InChI is InChI=1S/C12H16N2O2S2/c15-11(10-8-18-14-13-10)9-1-4-16-12(7-9)2-5-17-6-3-12/h8-9H,1-7H2. The van der Waals surface area contributed by atoms with Gasteiger partial charge in [-0.25, -0.2) is 0 Å². The van der Waals surface area contributed by atoms with Crippen LogP contribution in [0.4, 0.5) is 0 Å². The molecule has 98 valence electrons. The largest absolute Gasteiger partial charge is 0.375 e. The lowest BCUT2D eigenvalue weighted by atomic mass is 9.79. The lowest BCUT2D eigenvalue weighted by Gasteiger charge is -2.42. The van der Waals surface area contributed by atoms with Crippen LogP contribution in [0, 0.1) is 5.92 Å². The summed E-state index contributed by atoms with van der Waals surface area (Å²) in [6.45, 7) is 0.707. The molecule has 0 bridgehead atoms. The highest BCUT2D eigenvalue weighted by Gasteiger charge is 2.41. The molecule has 2 fully saturated rings. The van der Waals surface area contributed by atoms with E-state index in [4.69, 9.17) is 4.74 Å². The first-order valence-electron chi connectivity index (χ1n) is 6.32. The van der Waals surface area contributed by atoms with Crippen molar-refractivity contribution >= 4 is 29.1 Å². The van der Waals surface area contributed by atoms with E-state index in [-0.39, 0.29) is 17.3 Å². The number of carbonyl (C=O) groups excluding carboxylic acids is 1. The van der Waals surface area contributed by atoms with Crippen molar-refractivity contribution < 1.29 is 9.53 Å². The zero-order valence-corrected chi connectivity index (χ0v) is 11.8. The molecule has 2 aliphatic heterocycles. The van der Waals surface area contributed by atoms with Crippen molar-refractivity contribution in [3.8, 4) is 0 Å². The zero-order chi connectivity index (χ0) is 12.4. The van der Waals surface area contributed by atoms with E-state index in [9.17, 15) is 4.79 Å². The highest BCUT2D eigenvalue weighted by atomic mass is 32.2. The van der Waals surface area contributed by atoms with Crippen LogP contribution in [0.5, 0.6) is 0 Å². The summed E-state index contributed by atoms with van der Waals surface area (Å²) < 4.78 is 9.78. The van der Waals surface area contributed by atoms with E-state index in [0.29, 0.717) is 12.3 Å². The number of rotatable bonds is 2. The molecular weight excluding hydrogens is 268 g/mol. The van der Waals surface area contributed by atoms with Crippen molar-refractivity contribution in [3.05, 3.63) is 11.1 Å². The Labute approximate surface area is 115 Å². The Morgan fingerprint density at radius 2 is 2.28 bits per heavy atom. The maximum atomic E-state index is 12.3. The van der Waals surface area contributed by atoms with Crippen molar-refractivity contribution in [2.45, 2.75) is 31.3 Å². The smallest absolute Gasteiger partial charge is 0.187 e. The molecule has 4 nitrogen and oxygen atoms in total. The van der Waals surface area contributed by atoms with Gasteiger partial charge >= 0.3 is 0 Å². The Kier molecular flexibility index (Phi) is 3.68. The van der Waals surface area contributed by atoms with Crippen molar-refractivity contribution in [2.75, 3.05) is 18.1 Å². The van der Waals surface area contributed by atoms with Crippen LogP contribution in [0.1, 0.15) is 36.2 Å². The van der Waals surface area contributed by atoms with E-state index in [0.717, 1.165) is 37.2 Å². The van der Waals surface area contributed by atoms with Gasteiger partial charge in [0.1, 0.15) is 5.69 Å². The van der Waals surface area contributed by atoms with E-state index < -0.39 is 0 Å². The Morgan fingerprint density at radius 1 is 1.44 bits per heavy atom. The third-order valence-electron chi connectivity index (χ3n) is 3.88. The van der Waals surface area contributed by atoms with Gasteiger partial charge < -0.3 is 4.74 Å². The minimum atomic E-state index is -0.0344. The van der Waals surface area contributed by atoms with E-state index in [1.807, 2.05) is 11.8 Å². The molecule has 0 amide bonds. The summed E-state index contributed by atoms with van der Waals surface area (Å²) in [4.78, 5) is 12.3. The minimum Gasteiger partial charge on any atom is -0.375 e. The Hall–Kier alpha value is -0.460. The number of thioether (sulfide) groups is 1. The SMILES string of the molecule is O=C(c1csnn1)C1CCOC2(CCSCC2)C1. The third-order valence-corrected chi connectivity index (χ3v) is 5.37. The maximum Gasteiger partial charge on any atom is 0.187 e. The van der Waals surface area contributed by atoms with E-state index >= 15 is 0 Å². The number of hydrogen-bond acceptors (Lipinski definition) is 6. The average Bonchev–Trinajstić information content (AvgIpc) is 2.93. The number of ketones is 1. The normalized spacial score (nSPS) is 27.2. The molecule has 3 heterocycles. The molecule has 0 aliphatic carbocycles. The fourth-order valence-electron chi connectivity index (χ4n) is 2.82. The lowest BCUT2D eigenvalue weighted by molar-refractivity contribution is -0.0960. The monoisotopic (exact) mass is 284 g/mol. The Bertz CT molecular complexity index is 410. The second-order valence-corrected chi connectivity index (χ2v) is 6.82. The van der Waals surface area contributed by atoms with Gasteiger partial charge in [-0.1, -0.05) is 4.49 Å². The van der Waals surface area contributed by atoms with Crippen LogP contribution in [0.25, 0.3) is 0 Å². The van der Waals surface area contributed by atoms with Crippen LogP contribution < -0.4 is 0 Å². The first kappa shape index (κ1) is 12.6. The van der Waals surface area contributed by atoms with Gasteiger partial charge in [-0.15, -0.1) is 5.10 Å². The summed E-state index contributed by atoms with van der Waals surface area (Å²) in [5.74, 6) is 2.54. The molecule has 0 aromatic carbocycles. The van der Waals surface area contributed by atoms with Crippen LogP contribution in [0.3, 0.4) is 0 Å². The van der Waals surface area contributed by atoms with Gasteiger partial charge in [0.2, 0.25) is 0 Å². The van der Waals surface area contributed by atoms with E-state index in [1.54, 1.807) is 5.38 Å². The quantitative estimate of drug-likeness (QED) is 0.781. The number of ether oxygens (including phenoxy) is 1. The van der Waals surface area contributed by atoms with Crippen molar-refractivity contribution in [1.29, 1.82) is 0 Å². The molecule has 2 saturated heterocycles. The predicted molar refractivity (Wildman–Crippen MR) is 72.2 cm³/mol. The van der Waals surface area contributed by atoms with Gasteiger partial charge in [-0.3, -0.25) is 4.79 Å². The van der Waals surface area contributed by atoms with Gasteiger partial charge in [0, 0.05) is 17.9 Å². The number of nitrogens with zero attached hydrogens (tertiary/aromatic N) is 2. The minimum absolute atomic E-state index is 0.0344. The molecule has 1 unspecified atom stereocenters. The fraction of sp³-hybridized carbons (Fsp3) is 0.750. The van der Waals surface area contributed by atoms with Crippen molar-refractivity contribution in [2.24, 2.45) is 5.92 Å². The summed E-state index contributed by atoms with van der Waals surface area (Å²) in [6, 6.07) is 0. The summed E-state index contributed by atoms with van der Waals surface area (Å²) in [5.41, 5.74) is 0.500. The molecule has 1 aromatic heterocycles.